The van der Waals surface area contributed by atoms with Crippen LogP contribution in [0.15, 0.2) is 36.4 Å². The van der Waals surface area contributed by atoms with Gasteiger partial charge in [0.05, 0.1) is 30.0 Å². The molecule has 3 aromatic rings. The number of halogens is 2. The standard InChI is InChI=1S/C26H32ClN3O3S.ClH/c1-3-4-16-33-21-8-6-20(7-9-21)25(31)30(13-5-12-29-14-17-32-18-15-29)26-28-24-19(2)22(27)10-11-23(24)34-26;/h6-11H,3-5,12-18H2,1-2H3;1H. The number of rotatable bonds is 10. The van der Waals surface area contributed by atoms with E-state index in [2.05, 4.69) is 11.8 Å². The van der Waals surface area contributed by atoms with Gasteiger partial charge in [0.2, 0.25) is 0 Å². The number of nitrogens with zero attached hydrogens (tertiary/aromatic N) is 3. The Bertz CT molecular complexity index is 1100. The highest BCUT2D eigenvalue weighted by atomic mass is 35.5. The number of aromatic nitrogens is 1. The summed E-state index contributed by atoms with van der Waals surface area (Å²) in [5.41, 5.74) is 2.43. The number of aryl methyl sites for hydroxylation is 1. The maximum atomic E-state index is 13.6. The van der Waals surface area contributed by atoms with Gasteiger partial charge in [-0.15, -0.1) is 12.4 Å². The molecule has 1 amide bonds. The Morgan fingerprint density at radius 3 is 2.63 bits per heavy atom. The number of anilines is 1. The number of hydrogen-bond acceptors (Lipinski definition) is 6. The van der Waals surface area contributed by atoms with Gasteiger partial charge in [-0.1, -0.05) is 36.3 Å². The lowest BCUT2D eigenvalue weighted by Crippen LogP contribution is -2.39. The molecule has 0 saturated carbocycles. The molecule has 0 aliphatic carbocycles. The molecule has 1 aliphatic rings. The molecule has 1 fully saturated rings. The number of thiazole rings is 1. The monoisotopic (exact) mass is 537 g/mol. The SMILES string of the molecule is CCCCOc1ccc(C(=O)N(CCCN2CCOCC2)c2nc3c(C)c(Cl)ccc3s2)cc1.Cl. The van der Waals surface area contributed by atoms with Crippen LogP contribution in [0.1, 0.15) is 42.1 Å². The lowest BCUT2D eigenvalue weighted by molar-refractivity contribution is 0.0376. The second-order valence-electron chi connectivity index (χ2n) is 8.51. The maximum absolute atomic E-state index is 13.6. The lowest BCUT2D eigenvalue weighted by atomic mass is 10.2. The molecule has 0 N–H and O–H groups in total. The highest BCUT2D eigenvalue weighted by molar-refractivity contribution is 7.22. The number of ether oxygens (including phenoxy) is 2. The van der Waals surface area contributed by atoms with E-state index in [0.717, 1.165) is 73.6 Å². The molecule has 0 atom stereocenters. The smallest absolute Gasteiger partial charge is 0.260 e. The van der Waals surface area contributed by atoms with Gasteiger partial charge in [-0.3, -0.25) is 14.6 Å². The predicted molar refractivity (Wildman–Crippen MR) is 147 cm³/mol. The second-order valence-corrected chi connectivity index (χ2v) is 9.92. The minimum Gasteiger partial charge on any atom is -0.494 e. The minimum atomic E-state index is -0.0510. The molecule has 9 heteroatoms. The molecule has 1 saturated heterocycles. The minimum absolute atomic E-state index is 0. The summed E-state index contributed by atoms with van der Waals surface area (Å²) in [6, 6.07) is 11.3. The van der Waals surface area contributed by atoms with Crippen LogP contribution in [0.25, 0.3) is 10.2 Å². The van der Waals surface area contributed by atoms with Crippen molar-refractivity contribution in [2.24, 2.45) is 0 Å². The molecule has 35 heavy (non-hydrogen) atoms. The van der Waals surface area contributed by atoms with E-state index in [1.54, 1.807) is 0 Å². The molecule has 0 bridgehead atoms. The largest absolute Gasteiger partial charge is 0.494 e. The van der Waals surface area contributed by atoms with Crippen LogP contribution in [0.2, 0.25) is 5.02 Å². The van der Waals surface area contributed by atoms with Crippen LogP contribution in [-0.4, -0.2) is 61.8 Å². The molecule has 0 spiro atoms. The first-order chi connectivity index (χ1) is 16.6. The number of amides is 1. The fourth-order valence-corrected chi connectivity index (χ4v) is 5.15. The molecule has 190 valence electrons. The molecule has 0 radical (unpaired) electrons. The molecular formula is C26H33Cl2N3O3S. The summed E-state index contributed by atoms with van der Waals surface area (Å²) >= 11 is 7.85. The van der Waals surface area contributed by atoms with E-state index in [4.69, 9.17) is 26.1 Å². The van der Waals surface area contributed by atoms with Crippen molar-refractivity contribution in [1.29, 1.82) is 0 Å². The average Bonchev–Trinajstić information content (AvgIpc) is 3.30. The fraction of sp³-hybridized carbons (Fsp3) is 0.462. The maximum Gasteiger partial charge on any atom is 0.260 e. The Hall–Kier alpha value is -1.90. The van der Waals surface area contributed by atoms with E-state index in [1.807, 2.05) is 48.2 Å². The van der Waals surface area contributed by atoms with Crippen molar-refractivity contribution in [1.82, 2.24) is 9.88 Å². The fourth-order valence-electron chi connectivity index (χ4n) is 3.95. The molecular weight excluding hydrogens is 505 g/mol. The van der Waals surface area contributed by atoms with Gasteiger partial charge in [0.25, 0.3) is 5.91 Å². The number of benzene rings is 2. The molecule has 4 rings (SSSR count). The Morgan fingerprint density at radius 1 is 1.17 bits per heavy atom. The first-order valence-electron chi connectivity index (χ1n) is 12.0. The van der Waals surface area contributed by atoms with Gasteiger partial charge in [0.15, 0.2) is 5.13 Å². The summed E-state index contributed by atoms with van der Waals surface area (Å²) in [5.74, 6) is 0.735. The second kappa shape index (κ2) is 13.4. The Balaban J connectivity index is 0.00000342. The van der Waals surface area contributed by atoms with E-state index in [-0.39, 0.29) is 18.3 Å². The van der Waals surface area contributed by atoms with Crippen molar-refractivity contribution in [3.05, 3.63) is 52.5 Å². The van der Waals surface area contributed by atoms with E-state index < -0.39 is 0 Å². The van der Waals surface area contributed by atoms with Gasteiger partial charge in [-0.05, 0) is 61.7 Å². The normalized spacial score (nSPS) is 14.0. The van der Waals surface area contributed by atoms with Crippen molar-refractivity contribution in [3.8, 4) is 5.75 Å². The van der Waals surface area contributed by atoms with Gasteiger partial charge in [-0.25, -0.2) is 4.98 Å². The van der Waals surface area contributed by atoms with Crippen LogP contribution in [0.3, 0.4) is 0 Å². The summed E-state index contributed by atoms with van der Waals surface area (Å²) in [5, 5.41) is 1.39. The zero-order chi connectivity index (χ0) is 23.9. The van der Waals surface area contributed by atoms with Crippen LogP contribution in [0.5, 0.6) is 5.75 Å². The number of carbonyl (C=O) groups is 1. The Morgan fingerprint density at radius 2 is 1.91 bits per heavy atom. The molecule has 2 heterocycles. The molecule has 1 aromatic heterocycles. The number of carbonyl (C=O) groups excluding carboxylic acids is 1. The van der Waals surface area contributed by atoms with E-state index in [9.17, 15) is 4.79 Å². The summed E-state index contributed by atoms with van der Waals surface area (Å²) in [6.45, 7) is 9.72. The number of hydrogen-bond donors (Lipinski definition) is 0. The third-order valence-corrected chi connectivity index (χ3v) is 7.49. The number of unbranched alkanes of at least 4 members (excludes halogenated alkanes) is 1. The quantitative estimate of drug-likeness (QED) is 0.287. The van der Waals surface area contributed by atoms with Crippen molar-refractivity contribution < 1.29 is 14.3 Å². The van der Waals surface area contributed by atoms with Crippen molar-refractivity contribution in [2.75, 3.05) is 50.9 Å². The molecule has 1 aliphatic heterocycles. The highest BCUT2D eigenvalue weighted by Gasteiger charge is 2.23. The van der Waals surface area contributed by atoms with Crippen LogP contribution < -0.4 is 9.64 Å². The van der Waals surface area contributed by atoms with Crippen LogP contribution in [0, 0.1) is 6.92 Å². The van der Waals surface area contributed by atoms with Gasteiger partial charge < -0.3 is 9.47 Å². The summed E-state index contributed by atoms with van der Waals surface area (Å²) in [7, 11) is 0. The zero-order valence-electron chi connectivity index (χ0n) is 20.3. The molecule has 0 unspecified atom stereocenters. The lowest BCUT2D eigenvalue weighted by Gasteiger charge is -2.27. The van der Waals surface area contributed by atoms with Crippen LogP contribution in [0.4, 0.5) is 5.13 Å². The van der Waals surface area contributed by atoms with Crippen molar-refractivity contribution in [3.63, 3.8) is 0 Å². The average molecular weight is 539 g/mol. The summed E-state index contributed by atoms with van der Waals surface area (Å²) in [4.78, 5) is 22.7. The first-order valence-corrected chi connectivity index (χ1v) is 13.2. The third-order valence-electron chi connectivity index (χ3n) is 6.04. The van der Waals surface area contributed by atoms with E-state index >= 15 is 0 Å². The highest BCUT2D eigenvalue weighted by Crippen LogP contribution is 2.34. The van der Waals surface area contributed by atoms with Gasteiger partial charge in [0.1, 0.15) is 5.75 Å². The zero-order valence-corrected chi connectivity index (χ0v) is 22.7. The Labute approximate surface area is 222 Å². The Kier molecular flexibility index (Phi) is 10.6. The van der Waals surface area contributed by atoms with Crippen LogP contribution >= 0.6 is 35.3 Å². The number of fused-ring (bicyclic) bond motifs is 1. The molecule has 2 aromatic carbocycles. The van der Waals surface area contributed by atoms with Crippen molar-refractivity contribution >= 4 is 56.6 Å². The third kappa shape index (κ3) is 7.08. The van der Waals surface area contributed by atoms with E-state index in [1.165, 1.54) is 11.3 Å². The predicted octanol–water partition coefficient (Wildman–Crippen LogP) is 6.23. The summed E-state index contributed by atoms with van der Waals surface area (Å²) in [6.07, 6.45) is 2.96. The molecule has 6 nitrogen and oxygen atoms in total. The first kappa shape index (κ1) is 27.7. The van der Waals surface area contributed by atoms with Gasteiger partial charge in [-0.2, -0.15) is 0 Å². The topological polar surface area (TPSA) is 54.9 Å². The number of morpholine rings is 1. The van der Waals surface area contributed by atoms with Crippen molar-refractivity contribution in [2.45, 2.75) is 33.1 Å². The van der Waals surface area contributed by atoms with E-state index in [0.29, 0.717) is 28.9 Å². The summed E-state index contributed by atoms with van der Waals surface area (Å²) < 4.78 is 12.2. The van der Waals surface area contributed by atoms with Gasteiger partial charge in [0, 0.05) is 36.8 Å². The van der Waals surface area contributed by atoms with Crippen LogP contribution in [-0.2, 0) is 4.74 Å². The van der Waals surface area contributed by atoms with Gasteiger partial charge >= 0.3 is 0 Å².